The van der Waals surface area contributed by atoms with E-state index >= 15 is 0 Å². The zero-order valence-electron chi connectivity index (χ0n) is 14.0. The summed E-state index contributed by atoms with van der Waals surface area (Å²) in [7, 11) is 0. The normalized spacial score (nSPS) is 16.8. The van der Waals surface area contributed by atoms with E-state index in [0.29, 0.717) is 17.4 Å². The maximum absolute atomic E-state index is 6.43. The van der Waals surface area contributed by atoms with Crippen molar-refractivity contribution in [3.05, 3.63) is 70.6 Å². The number of benzene rings is 2. The third-order valence-electron chi connectivity index (χ3n) is 4.12. The van der Waals surface area contributed by atoms with E-state index in [1.165, 1.54) is 5.56 Å². The Balaban J connectivity index is 0.00000192. The van der Waals surface area contributed by atoms with Gasteiger partial charge in [0.2, 0.25) is 0 Å². The first kappa shape index (κ1) is 18.5. The molecular weight excluding hydrogens is 311 g/mol. The van der Waals surface area contributed by atoms with E-state index in [0.717, 1.165) is 23.4 Å². The van der Waals surface area contributed by atoms with Crippen LogP contribution in [0, 0.1) is 0 Å². The van der Waals surface area contributed by atoms with Gasteiger partial charge in [0.15, 0.2) is 0 Å². The standard InChI is InChI=1S/C18H21N4.K/c1-12(2)22-11-13-7-3-4-8-14(13)18(21-20)17(19)15-9-5-6-10-16(15)22;/h3-10,12H,11,19-20H2,1-2H3;/q-1;+1/b18-17-;. The van der Waals surface area contributed by atoms with Crippen LogP contribution in [0.2, 0.25) is 0 Å². The van der Waals surface area contributed by atoms with Crippen LogP contribution in [0.25, 0.3) is 16.8 Å². The van der Waals surface area contributed by atoms with Crippen LogP contribution < -0.4 is 67.9 Å². The van der Waals surface area contributed by atoms with E-state index in [1.54, 1.807) is 0 Å². The van der Waals surface area contributed by atoms with E-state index in [1.807, 2.05) is 36.4 Å². The van der Waals surface area contributed by atoms with Gasteiger partial charge in [-0.2, -0.15) is 0 Å². The van der Waals surface area contributed by atoms with Crippen LogP contribution in [0.3, 0.4) is 0 Å². The van der Waals surface area contributed by atoms with Crippen LogP contribution in [0.5, 0.6) is 0 Å². The van der Waals surface area contributed by atoms with Crippen LogP contribution in [0.1, 0.15) is 30.5 Å². The molecule has 114 valence electrons. The van der Waals surface area contributed by atoms with Crippen molar-refractivity contribution in [3.63, 3.8) is 0 Å². The van der Waals surface area contributed by atoms with Crippen molar-refractivity contribution in [2.75, 3.05) is 4.90 Å². The Kier molecular flexibility index (Phi) is 6.30. The molecule has 0 fully saturated rings. The SMILES string of the molecule is CC(C)N1Cc2ccccc2/C([N-]N)=C(/N)c2ccccc21.[K+]. The summed E-state index contributed by atoms with van der Waals surface area (Å²) in [5, 5.41) is 0. The van der Waals surface area contributed by atoms with Crippen molar-refractivity contribution in [1.82, 2.24) is 0 Å². The van der Waals surface area contributed by atoms with Gasteiger partial charge in [-0.15, -0.1) is 0 Å². The van der Waals surface area contributed by atoms with Crippen molar-refractivity contribution in [2.45, 2.75) is 26.4 Å². The van der Waals surface area contributed by atoms with Gasteiger partial charge in [-0.1, -0.05) is 48.2 Å². The van der Waals surface area contributed by atoms with Gasteiger partial charge < -0.3 is 21.9 Å². The second-order valence-electron chi connectivity index (χ2n) is 5.79. The van der Waals surface area contributed by atoms with Crippen LogP contribution in [-0.2, 0) is 6.54 Å². The average molecular weight is 332 g/mol. The maximum Gasteiger partial charge on any atom is 1.00 e. The molecule has 0 amide bonds. The summed E-state index contributed by atoms with van der Waals surface area (Å²) in [6, 6.07) is 16.7. The molecule has 0 aliphatic carbocycles. The van der Waals surface area contributed by atoms with Crippen LogP contribution in [-0.4, -0.2) is 6.04 Å². The molecule has 1 aliphatic heterocycles. The molecule has 4 N–H and O–H groups in total. The number of hydrogen-bond acceptors (Lipinski definition) is 3. The van der Waals surface area contributed by atoms with Gasteiger partial charge in [-0.05, 0) is 31.0 Å². The molecule has 0 saturated heterocycles. The molecule has 0 unspecified atom stereocenters. The molecule has 1 heterocycles. The molecule has 1 aliphatic rings. The summed E-state index contributed by atoms with van der Waals surface area (Å²) in [5.74, 6) is 5.65. The van der Waals surface area contributed by atoms with Crippen molar-refractivity contribution in [3.8, 4) is 0 Å². The fourth-order valence-corrected chi connectivity index (χ4v) is 2.98. The van der Waals surface area contributed by atoms with Gasteiger partial charge in [-0.3, -0.25) is 0 Å². The number of hydrogen-bond donors (Lipinski definition) is 2. The summed E-state index contributed by atoms with van der Waals surface area (Å²) in [5.41, 5.74) is 16.0. The first-order chi connectivity index (χ1) is 10.6. The number of rotatable bonds is 2. The third-order valence-corrected chi connectivity index (χ3v) is 4.12. The Morgan fingerprint density at radius 3 is 2.26 bits per heavy atom. The number of nitrogens with two attached hydrogens (primary N) is 2. The van der Waals surface area contributed by atoms with Crippen molar-refractivity contribution in [2.24, 2.45) is 11.6 Å². The number of fused-ring (bicyclic) bond motifs is 2. The first-order valence-electron chi connectivity index (χ1n) is 7.48. The number of anilines is 1. The number of nitrogens with zero attached hydrogens (tertiary/aromatic N) is 2. The molecule has 0 spiro atoms. The summed E-state index contributed by atoms with van der Waals surface area (Å²) < 4.78 is 0. The van der Waals surface area contributed by atoms with Crippen molar-refractivity contribution >= 4 is 17.1 Å². The van der Waals surface area contributed by atoms with E-state index in [9.17, 15) is 0 Å². The molecule has 0 bridgehead atoms. The largest absolute Gasteiger partial charge is 1.00 e. The molecule has 2 aromatic carbocycles. The fourth-order valence-electron chi connectivity index (χ4n) is 2.98. The van der Waals surface area contributed by atoms with E-state index in [2.05, 4.69) is 36.3 Å². The van der Waals surface area contributed by atoms with Gasteiger partial charge in [0.25, 0.3) is 0 Å². The minimum Gasteiger partial charge on any atom is -0.623 e. The maximum atomic E-state index is 6.43. The van der Waals surface area contributed by atoms with Gasteiger partial charge >= 0.3 is 51.4 Å². The molecule has 4 nitrogen and oxygen atoms in total. The first-order valence-corrected chi connectivity index (χ1v) is 7.48. The minimum atomic E-state index is 0. The Labute approximate surface area is 180 Å². The Morgan fingerprint density at radius 2 is 1.61 bits per heavy atom. The van der Waals surface area contributed by atoms with Crippen LogP contribution in [0.4, 0.5) is 5.69 Å². The Hall–Kier alpha value is -0.824. The Bertz CT molecular complexity index is 724. The molecule has 2 aromatic rings. The second-order valence-corrected chi connectivity index (χ2v) is 5.79. The van der Waals surface area contributed by atoms with E-state index < -0.39 is 0 Å². The van der Waals surface area contributed by atoms with Crippen molar-refractivity contribution in [1.29, 1.82) is 0 Å². The summed E-state index contributed by atoms with van der Waals surface area (Å²) in [6.07, 6.45) is 0. The van der Waals surface area contributed by atoms with Gasteiger partial charge in [0.05, 0.1) is 0 Å². The predicted octanol–water partition coefficient (Wildman–Crippen LogP) is 0.451. The minimum absolute atomic E-state index is 0. The van der Waals surface area contributed by atoms with E-state index in [4.69, 9.17) is 11.6 Å². The topological polar surface area (TPSA) is 69.4 Å². The second kappa shape index (κ2) is 7.83. The third kappa shape index (κ3) is 3.50. The van der Waals surface area contributed by atoms with Crippen molar-refractivity contribution < 1.29 is 51.4 Å². The Morgan fingerprint density at radius 1 is 1.00 bits per heavy atom. The summed E-state index contributed by atoms with van der Waals surface area (Å²) >= 11 is 0. The number of para-hydroxylation sites is 1. The summed E-state index contributed by atoms with van der Waals surface area (Å²) in [6.45, 7) is 5.18. The molecule has 5 heteroatoms. The quantitative estimate of drug-likeness (QED) is 0.477. The van der Waals surface area contributed by atoms with Gasteiger partial charge in [0, 0.05) is 29.5 Å². The molecule has 23 heavy (non-hydrogen) atoms. The van der Waals surface area contributed by atoms with E-state index in [-0.39, 0.29) is 51.4 Å². The average Bonchev–Trinajstić information content (AvgIpc) is 2.53. The molecular formula is C18H21KN4. The van der Waals surface area contributed by atoms with Gasteiger partial charge in [0.1, 0.15) is 0 Å². The molecule has 0 aromatic heterocycles. The smallest absolute Gasteiger partial charge is 0.623 e. The molecule has 0 saturated carbocycles. The zero-order valence-corrected chi connectivity index (χ0v) is 17.1. The molecule has 0 atom stereocenters. The van der Waals surface area contributed by atoms with Gasteiger partial charge in [-0.25, -0.2) is 0 Å². The zero-order chi connectivity index (χ0) is 15.7. The van der Waals surface area contributed by atoms with Crippen LogP contribution in [0.15, 0.2) is 48.5 Å². The monoisotopic (exact) mass is 332 g/mol. The molecule has 0 radical (unpaired) electrons. The molecule has 3 rings (SSSR count). The summed E-state index contributed by atoms with van der Waals surface area (Å²) in [4.78, 5) is 2.36. The predicted molar refractivity (Wildman–Crippen MR) is 92.8 cm³/mol. The fraction of sp³-hybridized carbons (Fsp3) is 0.222. The van der Waals surface area contributed by atoms with Crippen LogP contribution >= 0.6 is 0 Å².